The molecule has 1 aliphatic heterocycles. The largest absolute Gasteiger partial charge is 0.492 e. The third-order valence-electron chi connectivity index (χ3n) is 5.35. The molecule has 1 N–H and O–H groups in total. The van der Waals surface area contributed by atoms with Crippen molar-refractivity contribution in [2.45, 2.75) is 32.7 Å². The molecule has 1 aromatic carbocycles. The highest BCUT2D eigenvalue weighted by Gasteiger charge is 2.54. The molecule has 1 heterocycles. The Morgan fingerprint density at radius 1 is 1.50 bits per heavy atom. The van der Waals surface area contributed by atoms with E-state index in [4.69, 9.17) is 9.47 Å². The zero-order valence-electron chi connectivity index (χ0n) is 14.2. The lowest BCUT2D eigenvalue weighted by Crippen LogP contribution is -2.35. The van der Waals surface area contributed by atoms with Crippen LogP contribution in [-0.4, -0.2) is 42.8 Å². The number of fused-ring (bicyclic) bond motifs is 1. The van der Waals surface area contributed by atoms with Crippen molar-refractivity contribution in [3.05, 3.63) is 22.2 Å². The van der Waals surface area contributed by atoms with Crippen molar-refractivity contribution in [3.8, 4) is 11.5 Å². The highest BCUT2D eigenvalue weighted by Crippen LogP contribution is 2.49. The van der Waals surface area contributed by atoms with Gasteiger partial charge in [0.05, 0.1) is 23.6 Å². The molecule has 5 nitrogen and oxygen atoms in total. The second-order valence-electron chi connectivity index (χ2n) is 6.76. The molecule has 1 aromatic rings. The van der Waals surface area contributed by atoms with Crippen LogP contribution in [0.25, 0.3) is 0 Å². The number of aliphatic carboxylic acids is 1. The van der Waals surface area contributed by atoms with Gasteiger partial charge >= 0.3 is 5.97 Å². The van der Waals surface area contributed by atoms with Crippen molar-refractivity contribution < 1.29 is 19.4 Å². The summed E-state index contributed by atoms with van der Waals surface area (Å²) in [6.45, 7) is 4.74. The van der Waals surface area contributed by atoms with E-state index in [0.717, 1.165) is 48.1 Å². The summed E-state index contributed by atoms with van der Waals surface area (Å²) in [6.07, 6.45) is 2.87. The molecule has 1 saturated carbocycles. The zero-order valence-corrected chi connectivity index (χ0v) is 15.8. The average Bonchev–Trinajstić information content (AvgIpc) is 3.05. The number of carbonyl (C=O) groups is 1. The topological polar surface area (TPSA) is 59.0 Å². The Kier molecular flexibility index (Phi) is 5.06. The maximum absolute atomic E-state index is 11.8. The summed E-state index contributed by atoms with van der Waals surface area (Å²) < 4.78 is 11.9. The first-order valence-electron chi connectivity index (χ1n) is 8.45. The monoisotopic (exact) mass is 397 g/mol. The average molecular weight is 398 g/mol. The molecule has 24 heavy (non-hydrogen) atoms. The van der Waals surface area contributed by atoms with Crippen molar-refractivity contribution in [1.29, 1.82) is 0 Å². The zero-order chi connectivity index (χ0) is 17.3. The normalized spacial score (nSPS) is 26.4. The molecule has 0 amide bonds. The minimum atomic E-state index is -0.626. The molecular formula is C18H24BrNO4. The Balaban J connectivity index is 1.79. The first kappa shape index (κ1) is 17.5. The van der Waals surface area contributed by atoms with E-state index in [0.29, 0.717) is 18.9 Å². The van der Waals surface area contributed by atoms with E-state index in [1.54, 1.807) is 7.11 Å². The van der Waals surface area contributed by atoms with Crippen molar-refractivity contribution in [2.75, 3.05) is 26.8 Å². The molecule has 2 atom stereocenters. The number of nitrogens with zero attached hydrogens (tertiary/aromatic N) is 1. The van der Waals surface area contributed by atoms with E-state index in [1.807, 2.05) is 19.1 Å². The van der Waals surface area contributed by atoms with E-state index in [9.17, 15) is 9.90 Å². The van der Waals surface area contributed by atoms with Gasteiger partial charge in [-0.05, 0) is 59.3 Å². The van der Waals surface area contributed by atoms with Gasteiger partial charge in [-0.2, -0.15) is 0 Å². The fraction of sp³-hybridized carbons (Fsp3) is 0.611. The van der Waals surface area contributed by atoms with Crippen LogP contribution in [0.15, 0.2) is 16.6 Å². The van der Waals surface area contributed by atoms with E-state index >= 15 is 0 Å². The van der Waals surface area contributed by atoms with Crippen LogP contribution < -0.4 is 9.47 Å². The lowest BCUT2D eigenvalue weighted by molar-refractivity contribution is -0.149. The molecule has 2 fully saturated rings. The summed E-state index contributed by atoms with van der Waals surface area (Å²) in [5.74, 6) is 1.07. The Hall–Kier alpha value is -1.27. The van der Waals surface area contributed by atoms with Crippen LogP contribution in [0.2, 0.25) is 0 Å². The van der Waals surface area contributed by atoms with Gasteiger partial charge in [0.15, 0.2) is 11.5 Å². The number of rotatable bonds is 6. The Morgan fingerprint density at radius 2 is 2.29 bits per heavy atom. The Labute approximate surface area is 151 Å². The van der Waals surface area contributed by atoms with Gasteiger partial charge in [-0.25, -0.2) is 0 Å². The van der Waals surface area contributed by atoms with Crippen molar-refractivity contribution in [2.24, 2.45) is 11.3 Å². The SMILES string of the molecule is CCOc1cc(CN2C[C@@H]3CCC[C@@]3(C(=O)O)C2)cc(Br)c1OC. The standard InChI is InChI=1S/C18H24BrNO4/c1-3-24-15-8-12(7-14(19)16(15)23-2)9-20-10-13-5-4-6-18(13,11-20)17(21)22/h7-8,13H,3-6,9-11H2,1-2H3,(H,21,22)/t13-,18+/m0/s1. The Bertz CT molecular complexity index is 636. The maximum atomic E-state index is 11.8. The van der Waals surface area contributed by atoms with Crippen molar-refractivity contribution in [3.63, 3.8) is 0 Å². The minimum Gasteiger partial charge on any atom is -0.492 e. The molecule has 0 spiro atoms. The number of benzene rings is 1. The van der Waals surface area contributed by atoms with Crippen LogP contribution in [0.3, 0.4) is 0 Å². The number of methoxy groups -OCH3 is 1. The van der Waals surface area contributed by atoms with Crippen LogP contribution >= 0.6 is 15.9 Å². The number of carboxylic acids is 1. The quantitative estimate of drug-likeness (QED) is 0.795. The predicted molar refractivity (Wildman–Crippen MR) is 94.5 cm³/mol. The van der Waals surface area contributed by atoms with Gasteiger partial charge < -0.3 is 14.6 Å². The first-order valence-corrected chi connectivity index (χ1v) is 9.24. The molecule has 6 heteroatoms. The molecule has 1 saturated heterocycles. The van der Waals surface area contributed by atoms with Gasteiger partial charge in [0.2, 0.25) is 0 Å². The summed E-state index contributed by atoms with van der Waals surface area (Å²) in [5, 5.41) is 9.71. The van der Waals surface area contributed by atoms with E-state index in [1.165, 1.54) is 0 Å². The van der Waals surface area contributed by atoms with Gasteiger partial charge in [0, 0.05) is 19.6 Å². The fourth-order valence-electron chi connectivity index (χ4n) is 4.30. The van der Waals surface area contributed by atoms with Gasteiger partial charge in [-0.15, -0.1) is 0 Å². The fourth-order valence-corrected chi connectivity index (χ4v) is 4.95. The van der Waals surface area contributed by atoms with Crippen molar-refractivity contribution in [1.82, 2.24) is 4.90 Å². The molecule has 0 unspecified atom stereocenters. The second kappa shape index (κ2) is 6.92. The second-order valence-corrected chi connectivity index (χ2v) is 7.62. The molecule has 0 radical (unpaired) electrons. The van der Waals surface area contributed by atoms with Crippen LogP contribution in [0.5, 0.6) is 11.5 Å². The Morgan fingerprint density at radius 3 is 2.92 bits per heavy atom. The number of hydrogen-bond acceptors (Lipinski definition) is 4. The lowest BCUT2D eigenvalue weighted by Gasteiger charge is -2.23. The molecule has 3 rings (SSSR count). The number of halogens is 1. The molecule has 132 valence electrons. The highest BCUT2D eigenvalue weighted by atomic mass is 79.9. The third kappa shape index (κ3) is 3.02. The predicted octanol–water partition coefficient (Wildman–Crippen LogP) is 3.54. The van der Waals surface area contributed by atoms with E-state index in [-0.39, 0.29) is 5.92 Å². The first-order chi connectivity index (χ1) is 11.5. The number of carboxylic acid groups (broad SMARTS) is 1. The summed E-state index contributed by atoms with van der Waals surface area (Å²) >= 11 is 3.54. The van der Waals surface area contributed by atoms with Crippen LogP contribution in [-0.2, 0) is 11.3 Å². The van der Waals surface area contributed by atoms with Gasteiger partial charge in [0.25, 0.3) is 0 Å². The molecule has 2 aliphatic rings. The van der Waals surface area contributed by atoms with Crippen LogP contribution in [0, 0.1) is 11.3 Å². The van der Waals surface area contributed by atoms with Gasteiger partial charge in [-0.3, -0.25) is 9.69 Å². The van der Waals surface area contributed by atoms with Gasteiger partial charge in [0.1, 0.15) is 0 Å². The molecule has 0 aromatic heterocycles. The molecule has 0 bridgehead atoms. The summed E-state index contributed by atoms with van der Waals surface area (Å²) in [6, 6.07) is 4.03. The van der Waals surface area contributed by atoms with E-state index in [2.05, 4.69) is 20.8 Å². The van der Waals surface area contributed by atoms with Crippen LogP contribution in [0.4, 0.5) is 0 Å². The van der Waals surface area contributed by atoms with Gasteiger partial charge in [-0.1, -0.05) is 6.42 Å². The third-order valence-corrected chi connectivity index (χ3v) is 5.94. The number of hydrogen-bond donors (Lipinski definition) is 1. The number of likely N-dealkylation sites (tertiary alicyclic amines) is 1. The lowest BCUT2D eigenvalue weighted by atomic mass is 9.81. The number of ether oxygens (including phenoxy) is 2. The minimum absolute atomic E-state index is 0.281. The summed E-state index contributed by atoms with van der Waals surface area (Å²) in [4.78, 5) is 14.1. The van der Waals surface area contributed by atoms with Crippen LogP contribution in [0.1, 0.15) is 31.7 Å². The smallest absolute Gasteiger partial charge is 0.311 e. The summed E-state index contributed by atoms with van der Waals surface area (Å²) in [5.41, 5.74) is 0.568. The highest BCUT2D eigenvalue weighted by molar-refractivity contribution is 9.10. The van der Waals surface area contributed by atoms with E-state index < -0.39 is 11.4 Å². The molecular weight excluding hydrogens is 374 g/mol. The maximum Gasteiger partial charge on any atom is 0.311 e. The summed E-state index contributed by atoms with van der Waals surface area (Å²) in [7, 11) is 1.63. The van der Waals surface area contributed by atoms with Crippen molar-refractivity contribution >= 4 is 21.9 Å². The molecule has 1 aliphatic carbocycles.